The van der Waals surface area contributed by atoms with Crippen molar-refractivity contribution < 1.29 is 5.21 Å². The minimum absolute atomic E-state index is 0.0377. The van der Waals surface area contributed by atoms with Crippen LogP contribution in [0.15, 0.2) is 23.4 Å². The molecule has 0 unspecified atom stereocenters. The van der Waals surface area contributed by atoms with Crippen molar-refractivity contribution >= 4 is 34.7 Å². The summed E-state index contributed by atoms with van der Waals surface area (Å²) in [5, 5.41) is 11.7. The Labute approximate surface area is 125 Å². The van der Waals surface area contributed by atoms with E-state index in [1.807, 2.05) is 31.0 Å². The van der Waals surface area contributed by atoms with Gasteiger partial charge in [0.25, 0.3) is 0 Å². The number of anilines is 1. The molecule has 0 amide bonds. The quantitative estimate of drug-likeness (QED) is 0.391. The molecular weight excluding hydrogens is 298 g/mol. The number of oxime groups is 1. The Bertz CT molecular complexity index is 643. The lowest BCUT2D eigenvalue weighted by Crippen LogP contribution is -2.22. The minimum atomic E-state index is -0.0377. The zero-order valence-corrected chi connectivity index (χ0v) is 12.6. The molecule has 2 aromatic heterocycles. The lowest BCUT2D eigenvalue weighted by Gasteiger charge is -2.17. The molecule has 0 aliphatic heterocycles. The first kappa shape index (κ1) is 14.5. The Kier molecular flexibility index (Phi) is 4.41. The van der Waals surface area contributed by atoms with Gasteiger partial charge in [0.1, 0.15) is 5.69 Å². The maximum Gasteiger partial charge on any atom is 0.226 e. The fourth-order valence-electron chi connectivity index (χ4n) is 1.65. The first-order chi connectivity index (χ1) is 9.49. The second kappa shape index (κ2) is 6.06. The number of nitrogens with two attached hydrogens (primary N) is 1. The summed E-state index contributed by atoms with van der Waals surface area (Å²) in [5.41, 5.74) is 6.70. The molecule has 0 atom stereocenters. The van der Waals surface area contributed by atoms with E-state index < -0.39 is 0 Å². The highest BCUT2D eigenvalue weighted by Gasteiger charge is 2.11. The van der Waals surface area contributed by atoms with Gasteiger partial charge in [-0.3, -0.25) is 0 Å². The van der Waals surface area contributed by atoms with E-state index in [0.717, 1.165) is 14.9 Å². The number of aromatic nitrogens is 2. The van der Waals surface area contributed by atoms with Crippen LogP contribution in [-0.2, 0) is 6.54 Å². The van der Waals surface area contributed by atoms with E-state index >= 15 is 0 Å². The molecule has 2 rings (SSSR count). The third-order valence-corrected chi connectivity index (χ3v) is 3.79. The molecule has 0 radical (unpaired) electrons. The molecule has 3 N–H and O–H groups in total. The summed E-state index contributed by atoms with van der Waals surface area (Å²) >= 11 is 7.42. The number of thiophene rings is 1. The second-order valence-corrected chi connectivity index (χ2v) is 6.04. The van der Waals surface area contributed by atoms with Gasteiger partial charge in [-0.1, -0.05) is 16.8 Å². The SMILES string of the molecule is Cc1cc(/C(N)=N/O)nc(N(C)Cc2ccc(Cl)s2)n1. The van der Waals surface area contributed by atoms with Gasteiger partial charge in [0.05, 0.1) is 10.9 Å². The Hall–Kier alpha value is -1.86. The van der Waals surface area contributed by atoms with Crippen molar-refractivity contribution in [3.05, 3.63) is 38.8 Å². The Morgan fingerprint density at radius 1 is 1.50 bits per heavy atom. The van der Waals surface area contributed by atoms with Crippen molar-refractivity contribution in [2.75, 3.05) is 11.9 Å². The first-order valence-electron chi connectivity index (χ1n) is 5.78. The van der Waals surface area contributed by atoms with Crippen molar-refractivity contribution in [2.24, 2.45) is 10.9 Å². The Balaban J connectivity index is 2.25. The summed E-state index contributed by atoms with van der Waals surface area (Å²) in [4.78, 5) is 11.6. The third kappa shape index (κ3) is 3.37. The molecule has 20 heavy (non-hydrogen) atoms. The molecule has 6 nitrogen and oxygen atoms in total. The summed E-state index contributed by atoms with van der Waals surface area (Å²) in [6.07, 6.45) is 0. The van der Waals surface area contributed by atoms with Gasteiger partial charge in [-0.25, -0.2) is 9.97 Å². The number of rotatable bonds is 4. The number of nitrogens with zero attached hydrogens (tertiary/aromatic N) is 4. The molecule has 8 heteroatoms. The molecule has 0 saturated carbocycles. The van der Waals surface area contributed by atoms with Crippen molar-refractivity contribution in [3.8, 4) is 0 Å². The van der Waals surface area contributed by atoms with Gasteiger partial charge >= 0.3 is 0 Å². The van der Waals surface area contributed by atoms with Crippen LogP contribution in [0.5, 0.6) is 0 Å². The van der Waals surface area contributed by atoms with Crippen LogP contribution >= 0.6 is 22.9 Å². The van der Waals surface area contributed by atoms with Gasteiger partial charge < -0.3 is 15.8 Å². The molecule has 0 aromatic carbocycles. The summed E-state index contributed by atoms with van der Waals surface area (Å²) in [5.74, 6) is 0.473. The van der Waals surface area contributed by atoms with E-state index in [2.05, 4.69) is 15.1 Å². The van der Waals surface area contributed by atoms with E-state index in [1.165, 1.54) is 11.3 Å². The van der Waals surface area contributed by atoms with Crippen molar-refractivity contribution in [3.63, 3.8) is 0 Å². The Morgan fingerprint density at radius 2 is 2.25 bits per heavy atom. The molecule has 106 valence electrons. The first-order valence-corrected chi connectivity index (χ1v) is 6.98. The van der Waals surface area contributed by atoms with Gasteiger partial charge in [-0.2, -0.15) is 0 Å². The van der Waals surface area contributed by atoms with Gasteiger partial charge in [0, 0.05) is 17.6 Å². The average Bonchev–Trinajstić information content (AvgIpc) is 2.82. The van der Waals surface area contributed by atoms with Crippen LogP contribution in [0.4, 0.5) is 5.95 Å². The van der Waals surface area contributed by atoms with Crippen molar-refractivity contribution in [1.29, 1.82) is 0 Å². The molecule has 0 bridgehead atoms. The molecule has 0 saturated heterocycles. The molecule has 2 heterocycles. The third-order valence-electron chi connectivity index (χ3n) is 2.58. The van der Waals surface area contributed by atoms with Crippen LogP contribution < -0.4 is 10.6 Å². The fourth-order valence-corrected chi connectivity index (χ4v) is 2.79. The molecule has 0 spiro atoms. The molecule has 0 aliphatic carbocycles. The van der Waals surface area contributed by atoms with Crippen molar-refractivity contribution in [1.82, 2.24) is 9.97 Å². The van der Waals surface area contributed by atoms with Gasteiger partial charge in [-0.05, 0) is 25.1 Å². The van der Waals surface area contributed by atoms with E-state index in [9.17, 15) is 0 Å². The highest BCUT2D eigenvalue weighted by atomic mass is 35.5. The maximum atomic E-state index is 8.72. The monoisotopic (exact) mass is 311 g/mol. The largest absolute Gasteiger partial charge is 0.409 e. The average molecular weight is 312 g/mol. The highest BCUT2D eigenvalue weighted by molar-refractivity contribution is 7.16. The summed E-state index contributed by atoms with van der Waals surface area (Å²) in [6.45, 7) is 2.46. The number of hydrogen-bond donors (Lipinski definition) is 2. The maximum absolute atomic E-state index is 8.72. The smallest absolute Gasteiger partial charge is 0.226 e. The zero-order chi connectivity index (χ0) is 14.7. The van der Waals surface area contributed by atoms with Crippen LogP contribution in [0.3, 0.4) is 0 Å². The van der Waals surface area contributed by atoms with E-state index in [4.69, 9.17) is 22.5 Å². The predicted octanol–water partition coefficient (Wildman–Crippen LogP) is 2.23. The van der Waals surface area contributed by atoms with Crippen LogP contribution in [0.25, 0.3) is 0 Å². The van der Waals surface area contributed by atoms with Crippen molar-refractivity contribution in [2.45, 2.75) is 13.5 Å². The van der Waals surface area contributed by atoms with Gasteiger partial charge in [-0.15, -0.1) is 11.3 Å². The molecule has 0 fully saturated rings. The summed E-state index contributed by atoms with van der Waals surface area (Å²) in [6, 6.07) is 5.48. The number of halogens is 1. The number of hydrogen-bond acceptors (Lipinski definition) is 6. The van der Waals surface area contributed by atoms with Gasteiger partial charge in [0.2, 0.25) is 5.95 Å². The topological polar surface area (TPSA) is 87.6 Å². The zero-order valence-electron chi connectivity index (χ0n) is 11.0. The minimum Gasteiger partial charge on any atom is -0.409 e. The number of amidine groups is 1. The van der Waals surface area contributed by atoms with E-state index in [1.54, 1.807) is 6.07 Å². The highest BCUT2D eigenvalue weighted by Crippen LogP contribution is 2.23. The van der Waals surface area contributed by atoms with E-state index in [-0.39, 0.29) is 5.84 Å². The Morgan fingerprint density at radius 3 is 2.85 bits per heavy atom. The van der Waals surface area contributed by atoms with Crippen LogP contribution in [0, 0.1) is 6.92 Å². The van der Waals surface area contributed by atoms with Gasteiger partial charge in [0.15, 0.2) is 5.84 Å². The lowest BCUT2D eigenvalue weighted by molar-refractivity contribution is 0.318. The summed E-state index contributed by atoms with van der Waals surface area (Å²) < 4.78 is 0.746. The van der Waals surface area contributed by atoms with Crippen LogP contribution in [0.1, 0.15) is 16.3 Å². The predicted molar refractivity (Wildman–Crippen MR) is 80.7 cm³/mol. The normalized spacial score (nSPS) is 11.7. The number of aryl methyl sites for hydroxylation is 1. The fraction of sp³-hybridized carbons (Fsp3) is 0.250. The lowest BCUT2D eigenvalue weighted by atomic mass is 10.3. The second-order valence-electron chi connectivity index (χ2n) is 4.24. The van der Waals surface area contributed by atoms with Crippen LogP contribution in [0.2, 0.25) is 4.34 Å². The van der Waals surface area contributed by atoms with Crippen LogP contribution in [-0.4, -0.2) is 28.1 Å². The molecule has 2 aromatic rings. The standard InChI is InChI=1S/C12H14ClN5OS/c1-7-5-9(11(14)17-19)16-12(15-7)18(2)6-8-3-4-10(13)20-8/h3-5,19H,6H2,1-2H3,(H2,14,17). The molecule has 0 aliphatic rings. The van der Waals surface area contributed by atoms with E-state index in [0.29, 0.717) is 18.2 Å². The molecular formula is C12H14ClN5OS. The summed E-state index contributed by atoms with van der Waals surface area (Å²) in [7, 11) is 1.87.